The average molecular weight is 410 g/mol. The fourth-order valence-electron chi connectivity index (χ4n) is 3.43. The first-order valence-electron chi connectivity index (χ1n) is 9.42. The zero-order chi connectivity index (χ0) is 20.2. The van der Waals surface area contributed by atoms with Gasteiger partial charge in [-0.1, -0.05) is 6.07 Å². The number of ether oxygens (including phenoxy) is 2. The Bertz CT molecular complexity index is 1000. The number of carbonyl (C=O) groups is 1. The summed E-state index contributed by atoms with van der Waals surface area (Å²) in [5, 5.41) is 5.50. The molecule has 0 saturated heterocycles. The lowest BCUT2D eigenvalue weighted by molar-refractivity contribution is 0.102. The molecule has 1 amide bonds. The van der Waals surface area contributed by atoms with Gasteiger partial charge in [-0.05, 0) is 53.9 Å². The molecular formula is C22H23N3O3S. The maximum absolute atomic E-state index is 12.4. The quantitative estimate of drug-likeness (QED) is 0.667. The number of benzene rings is 2. The van der Waals surface area contributed by atoms with E-state index in [4.69, 9.17) is 9.47 Å². The Balaban J connectivity index is 1.36. The topological polar surface area (TPSA) is 63.7 Å². The molecule has 4 rings (SSSR count). The van der Waals surface area contributed by atoms with Gasteiger partial charge in [0.1, 0.15) is 11.5 Å². The zero-order valence-electron chi connectivity index (χ0n) is 16.5. The van der Waals surface area contributed by atoms with Gasteiger partial charge in [-0.2, -0.15) is 0 Å². The molecule has 0 aliphatic carbocycles. The van der Waals surface area contributed by atoms with E-state index in [1.165, 1.54) is 22.5 Å². The highest BCUT2D eigenvalue weighted by atomic mass is 32.1. The van der Waals surface area contributed by atoms with E-state index in [9.17, 15) is 4.79 Å². The monoisotopic (exact) mass is 409 g/mol. The Morgan fingerprint density at radius 1 is 1.10 bits per heavy atom. The summed E-state index contributed by atoms with van der Waals surface area (Å²) in [6, 6.07) is 13.3. The van der Waals surface area contributed by atoms with Gasteiger partial charge < -0.3 is 9.47 Å². The van der Waals surface area contributed by atoms with Crippen LogP contribution in [-0.2, 0) is 19.5 Å². The minimum atomic E-state index is -0.172. The number of nitrogens with one attached hydrogen (secondary N) is 1. The summed E-state index contributed by atoms with van der Waals surface area (Å²) in [5.74, 6) is 1.46. The van der Waals surface area contributed by atoms with E-state index >= 15 is 0 Å². The summed E-state index contributed by atoms with van der Waals surface area (Å²) in [5.41, 5.74) is 4.23. The van der Waals surface area contributed by atoms with E-state index in [0.717, 1.165) is 43.2 Å². The SMILES string of the molecule is COc1ccc(C(=O)Nc2nc(CN3CCc4cc(OC)ccc4C3)cs2)cc1. The molecule has 7 heteroatoms. The van der Waals surface area contributed by atoms with Crippen LogP contribution in [-0.4, -0.2) is 36.6 Å². The third-order valence-corrected chi connectivity index (χ3v) is 5.82. The lowest BCUT2D eigenvalue weighted by Crippen LogP contribution is -2.30. The highest BCUT2D eigenvalue weighted by Crippen LogP contribution is 2.25. The lowest BCUT2D eigenvalue weighted by atomic mass is 9.99. The van der Waals surface area contributed by atoms with Crippen molar-refractivity contribution in [3.8, 4) is 11.5 Å². The van der Waals surface area contributed by atoms with Crippen molar-refractivity contribution in [1.29, 1.82) is 0 Å². The Morgan fingerprint density at radius 3 is 2.62 bits per heavy atom. The van der Waals surface area contributed by atoms with Crippen molar-refractivity contribution in [3.05, 3.63) is 70.2 Å². The largest absolute Gasteiger partial charge is 0.497 e. The Morgan fingerprint density at radius 2 is 1.86 bits per heavy atom. The summed E-state index contributed by atoms with van der Waals surface area (Å²) in [4.78, 5) is 19.4. The summed E-state index contributed by atoms with van der Waals surface area (Å²) < 4.78 is 10.4. The van der Waals surface area contributed by atoms with E-state index < -0.39 is 0 Å². The predicted molar refractivity (Wildman–Crippen MR) is 114 cm³/mol. The Labute approximate surface area is 174 Å². The van der Waals surface area contributed by atoms with Gasteiger partial charge in [0.15, 0.2) is 5.13 Å². The molecule has 2 aromatic carbocycles. The zero-order valence-corrected chi connectivity index (χ0v) is 17.3. The summed E-state index contributed by atoms with van der Waals surface area (Å²) in [6.07, 6.45) is 0.998. The molecule has 1 aliphatic rings. The minimum absolute atomic E-state index is 0.172. The van der Waals surface area contributed by atoms with Crippen LogP contribution in [0.1, 0.15) is 27.2 Å². The van der Waals surface area contributed by atoms with Crippen LogP contribution in [0.3, 0.4) is 0 Å². The molecule has 1 aromatic heterocycles. The average Bonchev–Trinajstić information content (AvgIpc) is 3.20. The molecule has 2 heterocycles. The van der Waals surface area contributed by atoms with Crippen molar-refractivity contribution < 1.29 is 14.3 Å². The molecule has 0 spiro atoms. The van der Waals surface area contributed by atoms with Crippen LogP contribution >= 0.6 is 11.3 Å². The van der Waals surface area contributed by atoms with Crippen LogP contribution in [0.25, 0.3) is 0 Å². The molecule has 150 valence electrons. The number of methoxy groups -OCH3 is 2. The van der Waals surface area contributed by atoms with Gasteiger partial charge in [-0.25, -0.2) is 4.98 Å². The van der Waals surface area contributed by atoms with Gasteiger partial charge in [0, 0.05) is 30.6 Å². The number of rotatable bonds is 6. The fraction of sp³-hybridized carbons (Fsp3) is 0.273. The first-order chi connectivity index (χ1) is 14.1. The van der Waals surface area contributed by atoms with E-state index in [1.54, 1.807) is 38.5 Å². The van der Waals surface area contributed by atoms with Gasteiger partial charge in [0.2, 0.25) is 0 Å². The van der Waals surface area contributed by atoms with Crippen molar-refractivity contribution in [3.63, 3.8) is 0 Å². The molecular weight excluding hydrogens is 386 g/mol. The van der Waals surface area contributed by atoms with Crippen LogP contribution in [0.15, 0.2) is 47.8 Å². The van der Waals surface area contributed by atoms with Crippen LogP contribution in [0.5, 0.6) is 11.5 Å². The van der Waals surface area contributed by atoms with Gasteiger partial charge >= 0.3 is 0 Å². The molecule has 0 radical (unpaired) electrons. The molecule has 0 unspecified atom stereocenters. The molecule has 1 N–H and O–H groups in total. The highest BCUT2D eigenvalue weighted by molar-refractivity contribution is 7.13. The van der Waals surface area contributed by atoms with Gasteiger partial charge in [-0.15, -0.1) is 11.3 Å². The minimum Gasteiger partial charge on any atom is -0.497 e. The molecule has 0 bridgehead atoms. The number of amides is 1. The molecule has 1 aliphatic heterocycles. The number of thiazole rings is 1. The van der Waals surface area contributed by atoms with E-state index in [-0.39, 0.29) is 5.91 Å². The molecule has 0 saturated carbocycles. The number of hydrogen-bond acceptors (Lipinski definition) is 6. The number of carbonyl (C=O) groups excluding carboxylic acids is 1. The second kappa shape index (κ2) is 8.63. The fourth-order valence-corrected chi connectivity index (χ4v) is 4.12. The van der Waals surface area contributed by atoms with Crippen molar-refractivity contribution in [1.82, 2.24) is 9.88 Å². The molecule has 3 aromatic rings. The second-order valence-corrected chi connectivity index (χ2v) is 7.78. The number of fused-ring (bicyclic) bond motifs is 1. The predicted octanol–water partition coefficient (Wildman–Crippen LogP) is 3.97. The summed E-state index contributed by atoms with van der Waals surface area (Å²) >= 11 is 1.45. The van der Waals surface area contributed by atoms with Crippen LogP contribution in [0.2, 0.25) is 0 Å². The first kappa shape index (κ1) is 19.4. The first-order valence-corrected chi connectivity index (χ1v) is 10.3. The van der Waals surface area contributed by atoms with E-state index in [1.807, 2.05) is 11.4 Å². The number of anilines is 1. The highest BCUT2D eigenvalue weighted by Gasteiger charge is 2.18. The van der Waals surface area contributed by atoms with Gasteiger partial charge in [0.05, 0.1) is 19.9 Å². The second-order valence-electron chi connectivity index (χ2n) is 6.92. The summed E-state index contributed by atoms with van der Waals surface area (Å²) in [6.45, 7) is 2.63. The maximum atomic E-state index is 12.4. The third-order valence-electron chi connectivity index (χ3n) is 5.01. The smallest absolute Gasteiger partial charge is 0.257 e. The van der Waals surface area contributed by atoms with Crippen molar-refractivity contribution in [2.45, 2.75) is 19.5 Å². The maximum Gasteiger partial charge on any atom is 0.257 e. The van der Waals surface area contributed by atoms with Crippen LogP contribution in [0, 0.1) is 0 Å². The number of hydrogen-bond donors (Lipinski definition) is 1. The van der Waals surface area contributed by atoms with Crippen LogP contribution in [0.4, 0.5) is 5.13 Å². The van der Waals surface area contributed by atoms with E-state index in [0.29, 0.717) is 10.7 Å². The standard InChI is InChI=1S/C22H23N3O3S/c1-27-19-6-3-15(4-7-19)21(26)24-22-23-18(14-29-22)13-25-10-9-16-11-20(28-2)8-5-17(16)12-25/h3-8,11,14H,9-10,12-13H2,1-2H3,(H,23,24,26). The van der Waals surface area contributed by atoms with Gasteiger partial charge in [0.25, 0.3) is 5.91 Å². The lowest BCUT2D eigenvalue weighted by Gasteiger charge is -2.28. The van der Waals surface area contributed by atoms with Gasteiger partial charge in [-0.3, -0.25) is 15.0 Å². The number of aromatic nitrogens is 1. The van der Waals surface area contributed by atoms with Crippen molar-refractivity contribution in [2.75, 3.05) is 26.1 Å². The Kier molecular flexibility index (Phi) is 5.78. The van der Waals surface area contributed by atoms with Crippen LogP contribution < -0.4 is 14.8 Å². The normalized spacial score (nSPS) is 13.6. The molecule has 0 fully saturated rings. The molecule has 29 heavy (non-hydrogen) atoms. The van der Waals surface area contributed by atoms with E-state index in [2.05, 4.69) is 27.3 Å². The summed E-state index contributed by atoms with van der Waals surface area (Å²) in [7, 11) is 3.30. The third kappa shape index (κ3) is 4.58. The van der Waals surface area contributed by atoms with Crippen molar-refractivity contribution in [2.24, 2.45) is 0 Å². The molecule has 6 nitrogen and oxygen atoms in total. The molecule has 0 atom stereocenters. The van der Waals surface area contributed by atoms with Crippen molar-refractivity contribution >= 4 is 22.4 Å². The Hall–Kier alpha value is -2.90. The number of nitrogens with zero attached hydrogens (tertiary/aromatic N) is 2.